The summed E-state index contributed by atoms with van der Waals surface area (Å²) >= 11 is 0. The largest absolute Gasteiger partial charge is 0.479 e. The Hall–Kier alpha value is -0.610. The minimum absolute atomic E-state index is 0.0899. The van der Waals surface area contributed by atoms with Crippen molar-refractivity contribution >= 4 is 5.97 Å². The van der Waals surface area contributed by atoms with Gasteiger partial charge >= 0.3 is 5.97 Å². The van der Waals surface area contributed by atoms with Crippen molar-refractivity contribution < 1.29 is 14.6 Å². The Balaban J connectivity index is 1.60. The van der Waals surface area contributed by atoms with E-state index in [-0.39, 0.29) is 6.10 Å². The molecule has 104 valence electrons. The van der Waals surface area contributed by atoms with E-state index in [1.54, 1.807) is 0 Å². The van der Waals surface area contributed by atoms with Gasteiger partial charge in [-0.05, 0) is 44.1 Å². The fraction of sp³-hybridized carbons (Fsp3) is 0.929. The van der Waals surface area contributed by atoms with Crippen molar-refractivity contribution in [1.29, 1.82) is 0 Å². The summed E-state index contributed by atoms with van der Waals surface area (Å²) in [6, 6.07) is 0. The van der Waals surface area contributed by atoms with Crippen molar-refractivity contribution in [2.75, 3.05) is 13.1 Å². The molecule has 1 saturated heterocycles. The molecule has 2 rings (SSSR count). The van der Waals surface area contributed by atoms with E-state index in [1.807, 2.05) is 0 Å². The molecule has 0 bridgehead atoms. The van der Waals surface area contributed by atoms with Crippen molar-refractivity contribution in [2.24, 2.45) is 11.8 Å². The van der Waals surface area contributed by atoms with Crippen molar-refractivity contribution in [3.05, 3.63) is 0 Å². The van der Waals surface area contributed by atoms with Crippen LogP contribution in [0.2, 0.25) is 0 Å². The minimum atomic E-state index is -0.821. The summed E-state index contributed by atoms with van der Waals surface area (Å²) < 4.78 is 5.47. The molecule has 2 N–H and O–H groups in total. The van der Waals surface area contributed by atoms with Crippen molar-refractivity contribution in [2.45, 2.75) is 57.7 Å². The third-order valence-electron chi connectivity index (χ3n) is 4.23. The molecule has 4 unspecified atom stereocenters. The quantitative estimate of drug-likeness (QED) is 0.789. The van der Waals surface area contributed by atoms with Gasteiger partial charge in [-0.15, -0.1) is 0 Å². The number of carboxylic acid groups (broad SMARTS) is 1. The zero-order chi connectivity index (χ0) is 13.0. The lowest BCUT2D eigenvalue weighted by molar-refractivity contribution is -0.149. The second-order valence-electron chi connectivity index (χ2n) is 5.96. The van der Waals surface area contributed by atoms with Crippen LogP contribution >= 0.6 is 0 Å². The predicted molar refractivity (Wildman–Crippen MR) is 69.5 cm³/mol. The molecule has 0 spiro atoms. The zero-order valence-corrected chi connectivity index (χ0v) is 11.2. The Morgan fingerprint density at radius 3 is 2.78 bits per heavy atom. The van der Waals surface area contributed by atoms with Gasteiger partial charge in [-0.1, -0.05) is 19.8 Å². The molecule has 18 heavy (non-hydrogen) atoms. The molecule has 4 nitrogen and oxygen atoms in total. The molecule has 0 radical (unpaired) electrons. The average Bonchev–Trinajstić information content (AvgIpc) is 2.78. The van der Waals surface area contributed by atoms with Crippen LogP contribution in [0.1, 0.15) is 45.4 Å². The first-order chi connectivity index (χ1) is 8.65. The normalized spacial score (nSPS) is 36.7. The minimum Gasteiger partial charge on any atom is -0.479 e. The van der Waals surface area contributed by atoms with Gasteiger partial charge < -0.3 is 15.2 Å². The summed E-state index contributed by atoms with van der Waals surface area (Å²) in [7, 11) is 0. The highest BCUT2D eigenvalue weighted by Crippen LogP contribution is 2.28. The molecule has 1 aliphatic heterocycles. The first-order valence-electron chi connectivity index (χ1n) is 7.24. The van der Waals surface area contributed by atoms with Gasteiger partial charge in [-0.25, -0.2) is 4.79 Å². The highest BCUT2D eigenvalue weighted by atomic mass is 16.5. The Morgan fingerprint density at radius 1 is 1.28 bits per heavy atom. The van der Waals surface area contributed by atoms with Gasteiger partial charge in [0.1, 0.15) is 0 Å². The standard InChI is InChI=1S/C14H25NO3/c1-10-3-2-4-11(7-10)8-15-9-12-5-6-13(18-12)14(16)17/h10-13,15H,2-9H2,1H3,(H,16,17). The second kappa shape index (κ2) is 6.53. The van der Waals surface area contributed by atoms with Crippen LogP contribution in [0, 0.1) is 11.8 Å². The first-order valence-corrected chi connectivity index (χ1v) is 7.24. The Bertz CT molecular complexity index is 282. The van der Waals surface area contributed by atoms with Gasteiger partial charge in [0.2, 0.25) is 0 Å². The molecule has 2 aliphatic rings. The topological polar surface area (TPSA) is 58.6 Å². The monoisotopic (exact) mass is 255 g/mol. The molecule has 1 aliphatic carbocycles. The SMILES string of the molecule is CC1CCCC(CNCC2CCC(C(=O)O)O2)C1. The predicted octanol–water partition coefficient (Wildman–Crippen LogP) is 2.03. The number of carbonyl (C=O) groups is 1. The Kier molecular flexibility index (Phi) is 5.01. The molecule has 2 fully saturated rings. The lowest BCUT2D eigenvalue weighted by Gasteiger charge is -2.27. The fourth-order valence-corrected chi connectivity index (χ4v) is 3.23. The van der Waals surface area contributed by atoms with Gasteiger partial charge in [0, 0.05) is 6.54 Å². The van der Waals surface area contributed by atoms with E-state index in [0.717, 1.165) is 31.3 Å². The highest BCUT2D eigenvalue weighted by molar-refractivity contribution is 5.72. The van der Waals surface area contributed by atoms with E-state index in [0.29, 0.717) is 6.42 Å². The maximum Gasteiger partial charge on any atom is 0.332 e. The molecule has 1 heterocycles. The van der Waals surface area contributed by atoms with E-state index in [2.05, 4.69) is 12.2 Å². The van der Waals surface area contributed by atoms with Gasteiger partial charge in [-0.3, -0.25) is 0 Å². The summed E-state index contributed by atoms with van der Waals surface area (Å²) in [6.07, 6.45) is 6.43. The van der Waals surface area contributed by atoms with E-state index in [1.165, 1.54) is 25.7 Å². The molecule has 0 aromatic rings. The molecule has 0 amide bonds. The molecule has 0 aromatic heterocycles. The molecular weight excluding hydrogens is 230 g/mol. The summed E-state index contributed by atoms with van der Waals surface area (Å²) in [6.45, 7) is 4.19. The summed E-state index contributed by atoms with van der Waals surface area (Å²) in [5.74, 6) is 0.841. The number of nitrogens with one attached hydrogen (secondary N) is 1. The molecule has 1 saturated carbocycles. The van der Waals surface area contributed by atoms with Crippen LogP contribution in [0.25, 0.3) is 0 Å². The lowest BCUT2D eigenvalue weighted by Crippen LogP contribution is -2.33. The third kappa shape index (κ3) is 3.95. The van der Waals surface area contributed by atoms with Crippen LogP contribution in [-0.2, 0) is 9.53 Å². The Labute approximate surface area is 109 Å². The third-order valence-corrected chi connectivity index (χ3v) is 4.23. The van der Waals surface area contributed by atoms with E-state index in [9.17, 15) is 4.79 Å². The lowest BCUT2D eigenvalue weighted by atomic mass is 9.82. The van der Waals surface area contributed by atoms with Crippen LogP contribution in [-0.4, -0.2) is 36.4 Å². The molecular formula is C14H25NO3. The number of hydrogen-bond acceptors (Lipinski definition) is 3. The fourth-order valence-electron chi connectivity index (χ4n) is 3.23. The van der Waals surface area contributed by atoms with E-state index in [4.69, 9.17) is 9.84 Å². The summed E-state index contributed by atoms with van der Waals surface area (Å²) in [4.78, 5) is 10.8. The number of carboxylic acids is 1. The number of aliphatic carboxylic acids is 1. The second-order valence-corrected chi connectivity index (χ2v) is 5.96. The van der Waals surface area contributed by atoms with Crippen LogP contribution in [0.3, 0.4) is 0 Å². The van der Waals surface area contributed by atoms with Crippen LogP contribution in [0.5, 0.6) is 0 Å². The van der Waals surface area contributed by atoms with Crippen LogP contribution in [0.4, 0.5) is 0 Å². The van der Waals surface area contributed by atoms with Gasteiger partial charge in [0.25, 0.3) is 0 Å². The van der Waals surface area contributed by atoms with Crippen molar-refractivity contribution in [3.63, 3.8) is 0 Å². The number of hydrogen-bond donors (Lipinski definition) is 2. The van der Waals surface area contributed by atoms with Gasteiger partial charge in [0.15, 0.2) is 6.10 Å². The smallest absolute Gasteiger partial charge is 0.332 e. The number of rotatable bonds is 5. The van der Waals surface area contributed by atoms with Crippen LogP contribution in [0.15, 0.2) is 0 Å². The molecule has 0 aromatic carbocycles. The van der Waals surface area contributed by atoms with Crippen molar-refractivity contribution in [1.82, 2.24) is 5.32 Å². The average molecular weight is 255 g/mol. The highest BCUT2D eigenvalue weighted by Gasteiger charge is 2.30. The maximum atomic E-state index is 10.8. The summed E-state index contributed by atoms with van der Waals surface area (Å²) in [5.41, 5.74) is 0. The first kappa shape index (κ1) is 13.8. The van der Waals surface area contributed by atoms with Crippen molar-refractivity contribution in [3.8, 4) is 0 Å². The zero-order valence-electron chi connectivity index (χ0n) is 11.2. The van der Waals surface area contributed by atoms with E-state index < -0.39 is 12.1 Å². The van der Waals surface area contributed by atoms with Crippen LogP contribution < -0.4 is 5.32 Å². The van der Waals surface area contributed by atoms with Gasteiger partial charge in [-0.2, -0.15) is 0 Å². The molecule has 4 heteroatoms. The number of ether oxygens (including phenoxy) is 1. The maximum absolute atomic E-state index is 10.8. The Morgan fingerprint density at radius 2 is 2.11 bits per heavy atom. The summed E-state index contributed by atoms with van der Waals surface area (Å²) in [5, 5.41) is 12.3. The van der Waals surface area contributed by atoms with Gasteiger partial charge in [0.05, 0.1) is 6.10 Å². The molecule has 4 atom stereocenters. The van der Waals surface area contributed by atoms with E-state index >= 15 is 0 Å².